The van der Waals surface area contributed by atoms with E-state index in [1.54, 1.807) is 6.92 Å². The van der Waals surface area contributed by atoms with Gasteiger partial charge in [-0.25, -0.2) is 0 Å². The molecule has 0 aliphatic heterocycles. The Balaban J connectivity index is 3.72. The molecule has 0 unspecified atom stereocenters. The number of nitrogens with zero attached hydrogens (tertiary/aromatic N) is 1. The highest BCUT2D eigenvalue weighted by atomic mass is 32.2. The molecule has 1 aromatic rings. The maximum absolute atomic E-state index is 11.3. The van der Waals surface area contributed by atoms with E-state index in [0.717, 1.165) is 6.07 Å². The molecule has 0 aromatic heterocycles. The largest absolute Gasteiger partial charge is 0.295 e. The molecule has 0 fully saturated rings. The van der Waals surface area contributed by atoms with E-state index < -0.39 is 30.0 Å². The Morgan fingerprint density at radius 3 is 2.16 bits per heavy atom. The molecule has 1 aromatic carbocycles. The molecular weight excluding hydrogens is 294 g/mol. The molecule has 1 rings (SSSR count). The maximum Gasteiger partial charge on any atom is 0.295 e. The topological polar surface area (TPSA) is 121 Å². The van der Waals surface area contributed by atoms with Gasteiger partial charge in [-0.2, -0.15) is 16.8 Å². The monoisotopic (exact) mass is 307 g/mol. The Kier molecular flexibility index (Phi) is 4.46. The molecular formula is C10H13NO6S2. The van der Waals surface area contributed by atoms with Crippen molar-refractivity contribution < 1.29 is 25.9 Å². The van der Waals surface area contributed by atoms with Crippen LogP contribution in [-0.4, -0.2) is 38.7 Å². The first-order chi connectivity index (χ1) is 8.57. The molecule has 106 valence electrons. The molecule has 0 atom stereocenters. The summed E-state index contributed by atoms with van der Waals surface area (Å²) in [5.74, 6) is 0. The standard InChI is InChI=1S/C10H13NO6S2/c1-3-11-6-9-7(2)4-8(18(12,13)14)5-10(9)19(15,16)17/h4-6H,3H2,1-2H3,(H,12,13,14)(H,15,16,17)/b11-6+. The second-order valence-electron chi connectivity index (χ2n) is 3.73. The van der Waals surface area contributed by atoms with E-state index in [1.807, 2.05) is 0 Å². The Hall–Kier alpha value is -1.29. The fourth-order valence-electron chi connectivity index (χ4n) is 1.44. The lowest BCUT2D eigenvalue weighted by molar-refractivity contribution is 0.481. The molecule has 0 saturated carbocycles. The van der Waals surface area contributed by atoms with Crippen LogP contribution >= 0.6 is 0 Å². The van der Waals surface area contributed by atoms with Gasteiger partial charge < -0.3 is 0 Å². The highest BCUT2D eigenvalue weighted by Gasteiger charge is 2.21. The lowest BCUT2D eigenvalue weighted by atomic mass is 10.1. The van der Waals surface area contributed by atoms with Crippen molar-refractivity contribution in [2.24, 2.45) is 4.99 Å². The predicted molar refractivity (Wildman–Crippen MR) is 68.9 cm³/mol. The minimum absolute atomic E-state index is 0.0803. The van der Waals surface area contributed by atoms with E-state index in [0.29, 0.717) is 12.6 Å². The Labute approximate surface area is 111 Å². The lowest BCUT2D eigenvalue weighted by Crippen LogP contribution is -2.08. The summed E-state index contributed by atoms with van der Waals surface area (Å²) in [5, 5.41) is 0. The maximum atomic E-state index is 11.3. The van der Waals surface area contributed by atoms with Gasteiger partial charge in [-0.3, -0.25) is 14.1 Å². The van der Waals surface area contributed by atoms with Crippen molar-refractivity contribution >= 4 is 26.5 Å². The molecule has 2 N–H and O–H groups in total. The van der Waals surface area contributed by atoms with Crippen molar-refractivity contribution in [1.29, 1.82) is 0 Å². The van der Waals surface area contributed by atoms with Gasteiger partial charge in [0.15, 0.2) is 0 Å². The van der Waals surface area contributed by atoms with E-state index in [1.165, 1.54) is 13.1 Å². The Morgan fingerprint density at radius 2 is 1.74 bits per heavy atom. The summed E-state index contributed by atoms with van der Waals surface area (Å²) in [6.45, 7) is 3.57. The third-order valence-corrected chi connectivity index (χ3v) is 4.03. The van der Waals surface area contributed by atoms with Crippen LogP contribution in [-0.2, 0) is 20.2 Å². The van der Waals surface area contributed by atoms with Gasteiger partial charge in [0.2, 0.25) is 0 Å². The minimum atomic E-state index is -4.64. The Bertz CT molecular complexity index is 719. The fraction of sp³-hybridized carbons (Fsp3) is 0.300. The van der Waals surface area contributed by atoms with Crippen LogP contribution in [0.3, 0.4) is 0 Å². The molecule has 0 amide bonds. The number of hydrogen-bond donors (Lipinski definition) is 2. The van der Waals surface area contributed by atoms with E-state index in [4.69, 9.17) is 9.11 Å². The van der Waals surface area contributed by atoms with Crippen LogP contribution in [0.15, 0.2) is 26.9 Å². The number of aliphatic imine (C=N–C) groups is 1. The molecule has 0 bridgehead atoms. The highest BCUT2D eigenvalue weighted by molar-refractivity contribution is 7.86. The summed E-state index contributed by atoms with van der Waals surface area (Å²) in [7, 11) is -9.20. The van der Waals surface area contributed by atoms with Gasteiger partial charge in [0, 0.05) is 18.3 Å². The van der Waals surface area contributed by atoms with Gasteiger partial charge in [0.1, 0.15) is 4.90 Å². The molecule has 19 heavy (non-hydrogen) atoms. The zero-order valence-corrected chi connectivity index (χ0v) is 11.9. The van der Waals surface area contributed by atoms with Gasteiger partial charge in [-0.05, 0) is 31.5 Å². The van der Waals surface area contributed by atoms with E-state index in [2.05, 4.69) is 4.99 Å². The minimum Gasteiger partial charge on any atom is -0.293 e. The zero-order valence-electron chi connectivity index (χ0n) is 10.2. The van der Waals surface area contributed by atoms with Crippen LogP contribution < -0.4 is 0 Å². The molecule has 0 saturated heterocycles. The third kappa shape index (κ3) is 3.83. The van der Waals surface area contributed by atoms with Gasteiger partial charge in [0.05, 0.1) is 4.90 Å². The van der Waals surface area contributed by atoms with E-state index in [-0.39, 0.29) is 11.1 Å². The normalized spacial score (nSPS) is 13.1. The first-order valence-electron chi connectivity index (χ1n) is 5.16. The van der Waals surface area contributed by atoms with Crippen molar-refractivity contribution in [2.75, 3.05) is 6.54 Å². The van der Waals surface area contributed by atoms with Crippen molar-refractivity contribution in [1.82, 2.24) is 0 Å². The third-order valence-electron chi connectivity index (χ3n) is 2.30. The highest BCUT2D eigenvalue weighted by Crippen LogP contribution is 2.23. The van der Waals surface area contributed by atoms with Crippen LogP contribution in [0.1, 0.15) is 18.1 Å². The summed E-state index contributed by atoms with van der Waals surface area (Å²) in [6.07, 6.45) is 1.23. The molecule has 0 aliphatic rings. The quantitative estimate of drug-likeness (QED) is 0.630. The lowest BCUT2D eigenvalue weighted by Gasteiger charge is -2.08. The number of aryl methyl sites for hydroxylation is 1. The first-order valence-corrected chi connectivity index (χ1v) is 8.05. The van der Waals surface area contributed by atoms with Gasteiger partial charge in [-0.1, -0.05) is 0 Å². The van der Waals surface area contributed by atoms with Crippen molar-refractivity contribution in [3.05, 3.63) is 23.3 Å². The van der Waals surface area contributed by atoms with Crippen molar-refractivity contribution in [3.8, 4) is 0 Å². The molecule has 0 aliphatic carbocycles. The summed E-state index contributed by atoms with van der Waals surface area (Å²) in [6, 6.07) is 1.79. The van der Waals surface area contributed by atoms with Gasteiger partial charge in [-0.15, -0.1) is 0 Å². The zero-order chi connectivity index (χ0) is 14.8. The average molecular weight is 307 g/mol. The number of benzene rings is 1. The predicted octanol–water partition coefficient (Wildman–Crippen LogP) is 0.927. The van der Waals surface area contributed by atoms with E-state index >= 15 is 0 Å². The fourth-order valence-corrected chi connectivity index (χ4v) is 2.88. The van der Waals surface area contributed by atoms with E-state index in [9.17, 15) is 16.8 Å². The average Bonchev–Trinajstić information content (AvgIpc) is 2.23. The second kappa shape index (κ2) is 5.37. The second-order valence-corrected chi connectivity index (χ2v) is 6.54. The Morgan fingerprint density at radius 1 is 1.16 bits per heavy atom. The summed E-state index contributed by atoms with van der Waals surface area (Å²) < 4.78 is 62.7. The van der Waals surface area contributed by atoms with Crippen molar-refractivity contribution in [3.63, 3.8) is 0 Å². The molecule has 7 nitrogen and oxygen atoms in total. The smallest absolute Gasteiger partial charge is 0.293 e. The van der Waals surface area contributed by atoms with Crippen LogP contribution in [0.4, 0.5) is 0 Å². The number of rotatable bonds is 4. The number of hydrogen-bond acceptors (Lipinski definition) is 5. The SMILES string of the molecule is CC/N=C/c1c(C)cc(S(=O)(=O)O)cc1S(=O)(=O)O. The first kappa shape index (κ1) is 15.8. The van der Waals surface area contributed by atoms with Crippen LogP contribution in [0.5, 0.6) is 0 Å². The van der Waals surface area contributed by atoms with Gasteiger partial charge >= 0.3 is 0 Å². The molecule has 0 spiro atoms. The van der Waals surface area contributed by atoms with Crippen LogP contribution in [0.25, 0.3) is 0 Å². The summed E-state index contributed by atoms with van der Waals surface area (Å²) in [5.41, 5.74) is 0.330. The molecule has 9 heteroatoms. The molecule has 0 heterocycles. The summed E-state index contributed by atoms with van der Waals surface area (Å²) >= 11 is 0. The van der Waals surface area contributed by atoms with Crippen LogP contribution in [0.2, 0.25) is 0 Å². The van der Waals surface area contributed by atoms with Gasteiger partial charge in [0.25, 0.3) is 20.2 Å². The van der Waals surface area contributed by atoms with Crippen LogP contribution in [0, 0.1) is 6.92 Å². The molecule has 0 radical (unpaired) electrons. The van der Waals surface area contributed by atoms with Crippen molar-refractivity contribution in [2.45, 2.75) is 23.6 Å². The summed E-state index contributed by atoms with van der Waals surface area (Å²) in [4.78, 5) is 2.64.